The van der Waals surface area contributed by atoms with E-state index in [1.54, 1.807) is 36.0 Å². The van der Waals surface area contributed by atoms with Crippen LogP contribution in [0.4, 0.5) is 17.6 Å². The second-order valence-electron chi connectivity index (χ2n) is 5.35. The van der Waals surface area contributed by atoms with E-state index >= 15 is 0 Å². The number of benzene rings is 1. The Kier molecular flexibility index (Phi) is 6.00. The van der Waals surface area contributed by atoms with Crippen LogP contribution < -0.4 is 10.6 Å². The van der Waals surface area contributed by atoms with Crippen molar-refractivity contribution in [1.29, 1.82) is 0 Å². The molecule has 0 aliphatic rings. The van der Waals surface area contributed by atoms with Crippen LogP contribution in [-0.2, 0) is 6.54 Å². The van der Waals surface area contributed by atoms with Gasteiger partial charge in [-0.15, -0.1) is 0 Å². The van der Waals surface area contributed by atoms with Crippen LogP contribution in [0.1, 0.15) is 17.8 Å². The summed E-state index contributed by atoms with van der Waals surface area (Å²) in [6, 6.07) is 4.72. The van der Waals surface area contributed by atoms with Gasteiger partial charge in [0, 0.05) is 32.5 Å². The molecule has 0 saturated heterocycles. The molecule has 0 aliphatic carbocycles. The van der Waals surface area contributed by atoms with Gasteiger partial charge >= 0.3 is 6.18 Å². The minimum Gasteiger partial charge on any atom is -0.356 e. The number of imidazole rings is 1. The van der Waals surface area contributed by atoms with Crippen molar-refractivity contribution in [3.05, 3.63) is 47.8 Å². The van der Waals surface area contributed by atoms with Gasteiger partial charge in [-0.2, -0.15) is 13.2 Å². The summed E-state index contributed by atoms with van der Waals surface area (Å²) >= 11 is 0. The normalized spacial score (nSPS) is 12.3. The fourth-order valence-electron chi connectivity index (χ4n) is 2.22. The van der Waals surface area contributed by atoms with E-state index < -0.39 is 18.4 Å². The molecular weight excluding hydrogens is 338 g/mol. The van der Waals surface area contributed by atoms with Crippen molar-refractivity contribution >= 4 is 5.96 Å². The van der Waals surface area contributed by atoms with Gasteiger partial charge in [-0.05, 0) is 24.6 Å². The Labute approximate surface area is 142 Å². The molecule has 0 unspecified atom stereocenters. The van der Waals surface area contributed by atoms with E-state index in [1.807, 2.05) is 0 Å². The standard InChI is InChI=1S/C16H19F4N5/c1-11-22-7-8-25(11)14-4-3-12(9-13(14)17)10-24-15(21-2)23-6-5-16(18,19)20/h3-4,7-9H,5-6,10H2,1-2H3,(H2,21,23,24). The molecule has 2 N–H and O–H groups in total. The smallest absolute Gasteiger partial charge is 0.356 e. The molecule has 1 aromatic heterocycles. The zero-order chi connectivity index (χ0) is 18.4. The highest BCUT2D eigenvalue weighted by Crippen LogP contribution is 2.18. The highest BCUT2D eigenvalue weighted by molar-refractivity contribution is 5.79. The van der Waals surface area contributed by atoms with Crippen LogP contribution >= 0.6 is 0 Å². The van der Waals surface area contributed by atoms with E-state index in [9.17, 15) is 17.6 Å². The molecule has 9 heteroatoms. The number of halogens is 4. The Morgan fingerprint density at radius 3 is 2.60 bits per heavy atom. The molecule has 0 amide bonds. The van der Waals surface area contributed by atoms with Gasteiger partial charge in [0.15, 0.2) is 5.96 Å². The van der Waals surface area contributed by atoms with Crippen molar-refractivity contribution in [2.24, 2.45) is 4.99 Å². The lowest BCUT2D eigenvalue weighted by Gasteiger charge is -2.13. The second kappa shape index (κ2) is 8.00. The van der Waals surface area contributed by atoms with Gasteiger partial charge < -0.3 is 15.2 Å². The number of aromatic nitrogens is 2. The molecule has 0 aliphatic heterocycles. The summed E-state index contributed by atoms with van der Waals surface area (Å²) in [5, 5.41) is 5.42. The molecular formula is C16H19F4N5. The van der Waals surface area contributed by atoms with E-state index in [0.29, 0.717) is 17.1 Å². The van der Waals surface area contributed by atoms with Crippen molar-refractivity contribution in [3.63, 3.8) is 0 Å². The number of aliphatic imine (C=N–C) groups is 1. The molecule has 0 fully saturated rings. The zero-order valence-corrected chi connectivity index (χ0v) is 13.9. The maximum absolute atomic E-state index is 14.3. The molecule has 0 bridgehead atoms. The summed E-state index contributed by atoms with van der Waals surface area (Å²) in [5.41, 5.74) is 1.02. The Morgan fingerprint density at radius 1 is 1.28 bits per heavy atom. The van der Waals surface area contributed by atoms with Gasteiger partial charge in [-0.1, -0.05) is 6.07 Å². The van der Waals surface area contributed by atoms with Crippen LogP contribution in [0.3, 0.4) is 0 Å². The molecule has 0 saturated carbocycles. The third-order valence-corrected chi connectivity index (χ3v) is 3.48. The van der Waals surface area contributed by atoms with E-state index in [0.717, 1.165) is 0 Å². The number of nitrogens with zero attached hydrogens (tertiary/aromatic N) is 3. The predicted molar refractivity (Wildman–Crippen MR) is 87.1 cm³/mol. The Morgan fingerprint density at radius 2 is 2.04 bits per heavy atom. The fraction of sp³-hybridized carbons (Fsp3) is 0.375. The van der Waals surface area contributed by atoms with Crippen LogP contribution in [0.2, 0.25) is 0 Å². The monoisotopic (exact) mass is 357 g/mol. The van der Waals surface area contributed by atoms with E-state index in [-0.39, 0.29) is 19.0 Å². The van der Waals surface area contributed by atoms with Crippen LogP contribution in [-0.4, -0.2) is 35.3 Å². The molecule has 1 heterocycles. The second-order valence-corrected chi connectivity index (χ2v) is 5.35. The number of hydrogen-bond acceptors (Lipinski definition) is 2. The molecule has 2 aromatic rings. The minimum atomic E-state index is -4.23. The van der Waals surface area contributed by atoms with Crippen LogP contribution in [0.15, 0.2) is 35.6 Å². The number of guanidine groups is 1. The van der Waals surface area contributed by atoms with Crippen LogP contribution in [0, 0.1) is 12.7 Å². The molecule has 0 radical (unpaired) electrons. The predicted octanol–water partition coefficient (Wildman–Crippen LogP) is 2.94. The summed E-state index contributed by atoms with van der Waals surface area (Å²) in [5.74, 6) is 0.471. The number of aryl methyl sites for hydroxylation is 1. The topological polar surface area (TPSA) is 54.2 Å². The largest absolute Gasteiger partial charge is 0.390 e. The first kappa shape index (κ1) is 18.8. The molecule has 1 aromatic carbocycles. The maximum Gasteiger partial charge on any atom is 0.390 e. The summed E-state index contributed by atoms with van der Waals surface area (Å²) in [6.45, 7) is 1.72. The first-order chi connectivity index (χ1) is 11.8. The fourth-order valence-corrected chi connectivity index (χ4v) is 2.22. The quantitative estimate of drug-likeness (QED) is 0.491. The van der Waals surface area contributed by atoms with E-state index in [1.165, 1.54) is 13.1 Å². The molecule has 25 heavy (non-hydrogen) atoms. The maximum atomic E-state index is 14.3. The van der Waals surface area contributed by atoms with Crippen LogP contribution in [0.25, 0.3) is 5.69 Å². The Balaban J connectivity index is 1.94. The average Bonchev–Trinajstić information content (AvgIpc) is 2.95. The molecule has 0 atom stereocenters. The lowest BCUT2D eigenvalue weighted by molar-refractivity contribution is -0.132. The summed E-state index contributed by atoms with van der Waals surface area (Å²) < 4.78 is 52.3. The average molecular weight is 357 g/mol. The Hall–Kier alpha value is -2.58. The lowest BCUT2D eigenvalue weighted by Crippen LogP contribution is -2.38. The number of rotatable bonds is 5. The van der Waals surface area contributed by atoms with Crippen molar-refractivity contribution in [1.82, 2.24) is 20.2 Å². The number of hydrogen-bond donors (Lipinski definition) is 2. The van der Waals surface area contributed by atoms with Crippen molar-refractivity contribution in [3.8, 4) is 5.69 Å². The third kappa shape index (κ3) is 5.47. The van der Waals surface area contributed by atoms with Crippen molar-refractivity contribution in [2.75, 3.05) is 13.6 Å². The number of nitrogens with one attached hydrogen (secondary N) is 2. The summed E-state index contributed by atoms with van der Waals surface area (Å²) in [7, 11) is 1.45. The van der Waals surface area contributed by atoms with Gasteiger partial charge in [-0.25, -0.2) is 9.37 Å². The molecule has 5 nitrogen and oxygen atoms in total. The highest BCUT2D eigenvalue weighted by Gasteiger charge is 2.26. The first-order valence-corrected chi connectivity index (χ1v) is 7.60. The first-order valence-electron chi connectivity index (χ1n) is 7.60. The summed E-state index contributed by atoms with van der Waals surface area (Å²) in [6.07, 6.45) is -1.93. The minimum absolute atomic E-state index is 0.221. The lowest BCUT2D eigenvalue weighted by atomic mass is 10.2. The van der Waals surface area contributed by atoms with Gasteiger partial charge in [-0.3, -0.25) is 4.99 Å². The molecule has 136 valence electrons. The number of alkyl halides is 3. The van der Waals surface area contributed by atoms with Gasteiger partial charge in [0.25, 0.3) is 0 Å². The molecule has 2 rings (SSSR count). The van der Waals surface area contributed by atoms with Crippen LogP contribution in [0.5, 0.6) is 0 Å². The Bertz CT molecular complexity index is 736. The zero-order valence-electron chi connectivity index (χ0n) is 13.9. The van der Waals surface area contributed by atoms with Gasteiger partial charge in [0.2, 0.25) is 0 Å². The SMILES string of the molecule is CN=C(NCCC(F)(F)F)NCc1ccc(-n2ccnc2C)c(F)c1. The van der Waals surface area contributed by atoms with Crippen molar-refractivity contribution in [2.45, 2.75) is 26.1 Å². The van der Waals surface area contributed by atoms with Gasteiger partial charge in [0.1, 0.15) is 11.6 Å². The van der Waals surface area contributed by atoms with Crippen molar-refractivity contribution < 1.29 is 17.6 Å². The van der Waals surface area contributed by atoms with E-state index in [4.69, 9.17) is 0 Å². The molecule has 0 spiro atoms. The summed E-state index contributed by atoms with van der Waals surface area (Å²) in [4.78, 5) is 7.89. The van der Waals surface area contributed by atoms with E-state index in [2.05, 4.69) is 20.6 Å². The third-order valence-electron chi connectivity index (χ3n) is 3.48. The van der Waals surface area contributed by atoms with Gasteiger partial charge in [0.05, 0.1) is 12.1 Å². The highest BCUT2D eigenvalue weighted by atomic mass is 19.4.